The van der Waals surface area contributed by atoms with Crippen LogP contribution in [0.1, 0.15) is 111 Å². The number of fused-ring (bicyclic) bond motifs is 1. The highest BCUT2D eigenvalue weighted by atomic mass is 15.2. The Morgan fingerprint density at radius 1 is 0.542 bits per heavy atom. The molecule has 4 aromatic carbocycles. The molecule has 0 N–H and O–H groups in total. The third-order valence-corrected chi connectivity index (χ3v) is 10.9. The van der Waals surface area contributed by atoms with E-state index in [-0.39, 0.29) is 5.41 Å². The molecule has 0 aliphatic heterocycles. The van der Waals surface area contributed by atoms with Crippen LogP contribution in [-0.2, 0) is 24.9 Å². The van der Waals surface area contributed by atoms with Crippen molar-refractivity contribution in [1.82, 2.24) is 4.57 Å². The number of aryl methyl sites for hydroxylation is 3. The molecule has 0 radical (unpaired) electrons. The summed E-state index contributed by atoms with van der Waals surface area (Å²) in [6, 6.07) is 40.6. The molecule has 246 valence electrons. The molecule has 1 atom stereocenters. The van der Waals surface area contributed by atoms with Crippen molar-refractivity contribution in [2.24, 2.45) is 14.1 Å². The van der Waals surface area contributed by atoms with Gasteiger partial charge in [-0.2, -0.15) is 4.57 Å². The molecule has 0 fully saturated rings. The fourth-order valence-corrected chi connectivity index (χ4v) is 8.50. The zero-order chi connectivity index (χ0) is 34.5. The third-order valence-electron chi connectivity index (χ3n) is 10.9. The molecule has 0 saturated heterocycles. The maximum Gasteiger partial charge on any atom is 0.283 e. The molecule has 48 heavy (non-hydrogen) atoms. The molecule has 0 amide bonds. The molecule has 3 nitrogen and oxygen atoms in total. The third kappa shape index (κ3) is 5.19. The smallest absolute Gasteiger partial charge is 0.228 e. The Kier molecular flexibility index (Phi) is 8.70. The molecule has 0 aliphatic carbocycles. The summed E-state index contributed by atoms with van der Waals surface area (Å²) in [4.78, 5) is 0. The van der Waals surface area contributed by atoms with E-state index in [0.717, 1.165) is 0 Å². The molecule has 6 aromatic rings. The molecule has 1 unspecified atom stereocenters. The van der Waals surface area contributed by atoms with Crippen LogP contribution in [0.5, 0.6) is 0 Å². The number of imidazole rings is 1. The molecular formula is C45H53N3+2. The van der Waals surface area contributed by atoms with Crippen molar-refractivity contribution in [2.75, 3.05) is 0 Å². The minimum Gasteiger partial charge on any atom is -0.228 e. The van der Waals surface area contributed by atoms with Crippen molar-refractivity contribution >= 4 is 11.0 Å². The van der Waals surface area contributed by atoms with Gasteiger partial charge in [0.15, 0.2) is 22.1 Å². The van der Waals surface area contributed by atoms with Gasteiger partial charge >= 0.3 is 0 Å². The van der Waals surface area contributed by atoms with E-state index in [1.165, 1.54) is 67.3 Å². The summed E-state index contributed by atoms with van der Waals surface area (Å²) in [5, 5.41) is 0. The highest BCUT2D eigenvalue weighted by molar-refractivity contribution is 5.77. The maximum atomic E-state index is 2.62. The van der Waals surface area contributed by atoms with Crippen LogP contribution in [0.25, 0.3) is 16.7 Å². The predicted octanol–water partition coefficient (Wildman–Crippen LogP) is 9.82. The van der Waals surface area contributed by atoms with Gasteiger partial charge in [-0.3, -0.25) is 0 Å². The van der Waals surface area contributed by atoms with Crippen molar-refractivity contribution < 1.29 is 9.13 Å². The Morgan fingerprint density at radius 3 is 1.62 bits per heavy atom. The van der Waals surface area contributed by atoms with Crippen molar-refractivity contribution in [3.05, 3.63) is 160 Å². The van der Waals surface area contributed by atoms with E-state index < -0.39 is 5.41 Å². The van der Waals surface area contributed by atoms with Crippen molar-refractivity contribution in [2.45, 2.75) is 85.0 Å². The molecule has 0 saturated carbocycles. The Balaban J connectivity index is 1.80. The van der Waals surface area contributed by atoms with Gasteiger partial charge in [0.2, 0.25) is 5.69 Å². The summed E-state index contributed by atoms with van der Waals surface area (Å²) in [5.41, 5.74) is 13.5. The lowest BCUT2D eigenvalue weighted by Crippen LogP contribution is -2.53. The van der Waals surface area contributed by atoms with Gasteiger partial charge in [-0.15, -0.1) is 0 Å². The fourth-order valence-electron chi connectivity index (χ4n) is 8.50. The molecule has 2 heterocycles. The van der Waals surface area contributed by atoms with Crippen LogP contribution in [0.4, 0.5) is 0 Å². The van der Waals surface area contributed by atoms with E-state index in [1.54, 1.807) is 0 Å². The molecule has 0 aliphatic rings. The first kappa shape index (κ1) is 33.4. The number of pyridine rings is 1. The van der Waals surface area contributed by atoms with Crippen LogP contribution in [0.2, 0.25) is 0 Å². The number of para-hydroxylation sites is 3. The Bertz CT molecular complexity index is 2100. The Hall–Kier alpha value is -4.50. The van der Waals surface area contributed by atoms with Crippen LogP contribution in [0.15, 0.2) is 109 Å². The Morgan fingerprint density at radius 2 is 1.04 bits per heavy atom. The lowest BCUT2D eigenvalue weighted by atomic mass is 9.74. The second-order valence-electron chi connectivity index (χ2n) is 15.0. The van der Waals surface area contributed by atoms with Gasteiger partial charge in [0.1, 0.15) is 12.7 Å². The summed E-state index contributed by atoms with van der Waals surface area (Å²) in [5.74, 6) is 1.96. The van der Waals surface area contributed by atoms with Gasteiger partial charge in [0.25, 0.3) is 5.82 Å². The van der Waals surface area contributed by atoms with E-state index in [0.29, 0.717) is 11.8 Å². The normalized spacial score (nSPS) is 13.4. The maximum absolute atomic E-state index is 2.62. The first-order valence-electron chi connectivity index (χ1n) is 17.6. The first-order valence-corrected chi connectivity index (χ1v) is 17.6. The van der Waals surface area contributed by atoms with Gasteiger partial charge in [0.05, 0.1) is 12.5 Å². The minimum absolute atomic E-state index is 0.216. The van der Waals surface area contributed by atoms with Crippen LogP contribution in [0, 0.1) is 13.8 Å². The molecule has 3 heteroatoms. The number of nitrogens with zero attached hydrogens (tertiary/aromatic N) is 3. The monoisotopic (exact) mass is 635 g/mol. The van der Waals surface area contributed by atoms with E-state index in [2.05, 4.69) is 199 Å². The van der Waals surface area contributed by atoms with Crippen molar-refractivity contribution in [1.29, 1.82) is 0 Å². The highest BCUT2D eigenvalue weighted by Crippen LogP contribution is 2.43. The minimum atomic E-state index is -0.538. The zero-order valence-electron chi connectivity index (χ0n) is 30.9. The van der Waals surface area contributed by atoms with Crippen LogP contribution >= 0.6 is 0 Å². The van der Waals surface area contributed by atoms with Crippen molar-refractivity contribution in [3.8, 4) is 5.69 Å². The predicted molar refractivity (Wildman–Crippen MR) is 200 cm³/mol. The molecule has 6 rings (SSSR count). The average Bonchev–Trinajstić information content (AvgIpc) is 3.36. The average molecular weight is 636 g/mol. The Labute approximate surface area is 288 Å². The fraction of sp³-hybridized carbons (Fsp3) is 0.333. The summed E-state index contributed by atoms with van der Waals surface area (Å²) in [6.07, 6.45) is 0. The topological polar surface area (TPSA) is 12.7 Å². The number of rotatable bonds is 8. The molecule has 0 bridgehead atoms. The van der Waals surface area contributed by atoms with E-state index in [1.807, 2.05) is 0 Å². The summed E-state index contributed by atoms with van der Waals surface area (Å²) >= 11 is 0. The molecule has 2 aromatic heterocycles. The van der Waals surface area contributed by atoms with Crippen LogP contribution in [-0.4, -0.2) is 4.57 Å². The van der Waals surface area contributed by atoms with E-state index >= 15 is 0 Å². The number of aromatic nitrogens is 3. The highest BCUT2D eigenvalue weighted by Gasteiger charge is 2.51. The number of benzene rings is 4. The largest absolute Gasteiger partial charge is 0.283 e. The van der Waals surface area contributed by atoms with Crippen LogP contribution in [0.3, 0.4) is 0 Å². The lowest BCUT2D eigenvalue weighted by Gasteiger charge is -2.31. The number of hydrogen-bond donors (Lipinski definition) is 0. The van der Waals surface area contributed by atoms with Gasteiger partial charge in [-0.1, -0.05) is 107 Å². The first-order chi connectivity index (χ1) is 22.8. The van der Waals surface area contributed by atoms with Gasteiger partial charge < -0.3 is 0 Å². The van der Waals surface area contributed by atoms with Gasteiger partial charge in [0, 0.05) is 23.3 Å². The van der Waals surface area contributed by atoms with E-state index in [4.69, 9.17) is 0 Å². The van der Waals surface area contributed by atoms with Gasteiger partial charge in [-0.25, -0.2) is 9.13 Å². The quantitative estimate of drug-likeness (QED) is 0.148. The number of hydrogen-bond acceptors (Lipinski definition) is 0. The standard InChI is InChI=1S/C45H53N3/c1-30(2)34-22-18-23-35(31(3)4)42(34)48-39-27-17-16-26-38(39)46(10)43(48)45(9,37-25-15-13-21-33(37)6)41-29-19-28-40(47(41)11)44(7,8)36-24-14-12-20-32(36)5/h12-31H,1-11H3/q+2. The molecule has 0 spiro atoms. The SMILES string of the molecule is Cc1ccccc1C(C)(C)c1cccc(C(C)(c2ccccc2C)c2n(-c3c(C(C)C)cccc3C(C)C)c3ccccc3[n+]2C)[n+]1C. The summed E-state index contributed by atoms with van der Waals surface area (Å²) in [6.45, 7) is 21.0. The molecular weight excluding hydrogens is 583 g/mol. The second-order valence-corrected chi connectivity index (χ2v) is 15.0. The second kappa shape index (κ2) is 12.5. The van der Waals surface area contributed by atoms with Gasteiger partial charge in [-0.05, 0) is 86.9 Å². The van der Waals surface area contributed by atoms with E-state index in [9.17, 15) is 0 Å². The lowest BCUT2D eigenvalue weighted by molar-refractivity contribution is -0.697. The summed E-state index contributed by atoms with van der Waals surface area (Å²) < 4.78 is 7.56. The zero-order valence-corrected chi connectivity index (χ0v) is 30.9. The summed E-state index contributed by atoms with van der Waals surface area (Å²) in [7, 11) is 4.54. The van der Waals surface area contributed by atoms with Crippen molar-refractivity contribution in [3.63, 3.8) is 0 Å². The van der Waals surface area contributed by atoms with Crippen LogP contribution < -0.4 is 9.13 Å².